The molecular weight excluding hydrogens is 276 g/mol. The van der Waals surface area contributed by atoms with E-state index in [4.69, 9.17) is 4.74 Å². The first-order chi connectivity index (χ1) is 10.4. The van der Waals surface area contributed by atoms with Gasteiger partial charge in [-0.25, -0.2) is 4.79 Å². The number of benzene rings is 1. The molecule has 4 nitrogen and oxygen atoms in total. The second-order valence-electron chi connectivity index (χ2n) is 6.32. The number of hydrogen-bond donors (Lipinski definition) is 1. The Bertz CT molecular complexity index is 466. The zero-order chi connectivity index (χ0) is 16.6. The van der Waals surface area contributed by atoms with Crippen molar-refractivity contribution in [1.82, 2.24) is 10.2 Å². The first-order valence-electron chi connectivity index (χ1n) is 7.66. The van der Waals surface area contributed by atoms with E-state index in [0.717, 1.165) is 6.42 Å². The molecule has 0 saturated heterocycles. The summed E-state index contributed by atoms with van der Waals surface area (Å²) in [6, 6.07) is 10.2. The summed E-state index contributed by atoms with van der Waals surface area (Å²) in [5.74, 6) is 0. The second-order valence-corrected chi connectivity index (χ2v) is 6.32. The van der Waals surface area contributed by atoms with Crippen LogP contribution in [-0.2, 0) is 11.2 Å². The summed E-state index contributed by atoms with van der Waals surface area (Å²) in [5.41, 5.74) is 0.688. The van der Waals surface area contributed by atoms with Gasteiger partial charge in [-0.1, -0.05) is 36.4 Å². The van der Waals surface area contributed by atoms with Gasteiger partial charge in [0, 0.05) is 13.1 Å². The lowest BCUT2D eigenvalue weighted by Gasteiger charge is -2.33. The number of nitrogens with zero attached hydrogens (tertiary/aromatic N) is 1. The molecule has 1 rings (SSSR count). The molecule has 0 saturated carbocycles. The minimum atomic E-state index is -0.507. The Morgan fingerprint density at radius 1 is 1.36 bits per heavy atom. The Kier molecular flexibility index (Phi) is 7.12. The van der Waals surface area contributed by atoms with Gasteiger partial charge in [-0.2, -0.15) is 0 Å². The van der Waals surface area contributed by atoms with Crippen molar-refractivity contribution in [2.45, 2.75) is 38.8 Å². The first-order valence-corrected chi connectivity index (χ1v) is 7.66. The van der Waals surface area contributed by atoms with Gasteiger partial charge in [0.2, 0.25) is 0 Å². The highest BCUT2D eigenvalue weighted by molar-refractivity contribution is 5.69. The molecule has 0 radical (unpaired) electrons. The number of nitrogens with one attached hydrogen (secondary N) is 1. The molecule has 0 aromatic heterocycles. The Morgan fingerprint density at radius 3 is 2.50 bits per heavy atom. The van der Waals surface area contributed by atoms with Crippen molar-refractivity contribution < 1.29 is 9.53 Å². The summed E-state index contributed by atoms with van der Waals surface area (Å²) in [6.07, 6.45) is 2.20. The van der Waals surface area contributed by atoms with Gasteiger partial charge >= 0.3 is 6.09 Å². The molecule has 22 heavy (non-hydrogen) atoms. The molecular formula is C18H28N2O2. The van der Waals surface area contributed by atoms with Crippen molar-refractivity contribution in [3.05, 3.63) is 48.6 Å². The number of carbonyl (C=O) groups excluding carboxylic acids is 1. The maximum atomic E-state index is 12.5. The Balaban J connectivity index is 2.90. The quantitative estimate of drug-likeness (QED) is 0.786. The normalized spacial score (nSPS) is 12.5. The summed E-state index contributed by atoms with van der Waals surface area (Å²) in [6.45, 7) is 10.6. The van der Waals surface area contributed by atoms with Crippen molar-refractivity contribution in [3.63, 3.8) is 0 Å². The van der Waals surface area contributed by atoms with Crippen LogP contribution in [0.3, 0.4) is 0 Å². The van der Waals surface area contributed by atoms with E-state index in [2.05, 4.69) is 24.0 Å². The van der Waals surface area contributed by atoms with E-state index < -0.39 is 5.60 Å². The number of ether oxygens (including phenoxy) is 1. The van der Waals surface area contributed by atoms with Crippen molar-refractivity contribution in [1.29, 1.82) is 0 Å². The van der Waals surface area contributed by atoms with Crippen molar-refractivity contribution in [2.24, 2.45) is 0 Å². The zero-order valence-electron chi connectivity index (χ0n) is 14.1. The van der Waals surface area contributed by atoms with Gasteiger partial charge in [-0.3, -0.25) is 4.90 Å². The van der Waals surface area contributed by atoms with Gasteiger partial charge < -0.3 is 10.1 Å². The van der Waals surface area contributed by atoms with Gasteiger partial charge in [0.1, 0.15) is 5.60 Å². The van der Waals surface area contributed by atoms with E-state index in [9.17, 15) is 4.79 Å². The molecule has 0 bridgehead atoms. The minimum Gasteiger partial charge on any atom is -0.444 e. The highest BCUT2D eigenvalue weighted by Crippen LogP contribution is 2.15. The molecule has 0 aliphatic rings. The largest absolute Gasteiger partial charge is 0.444 e. The van der Waals surface area contributed by atoms with Crippen molar-refractivity contribution in [3.8, 4) is 0 Å². The topological polar surface area (TPSA) is 41.6 Å². The van der Waals surface area contributed by atoms with E-state index in [-0.39, 0.29) is 12.1 Å². The molecule has 0 spiro atoms. The molecule has 0 aliphatic carbocycles. The van der Waals surface area contributed by atoms with Crippen LogP contribution in [0.5, 0.6) is 0 Å². The molecule has 4 heteroatoms. The molecule has 1 atom stereocenters. The average molecular weight is 304 g/mol. The predicted molar refractivity (Wildman–Crippen MR) is 91.0 cm³/mol. The first kappa shape index (κ1) is 18.2. The molecule has 1 amide bonds. The molecule has 122 valence electrons. The van der Waals surface area contributed by atoms with E-state index in [1.165, 1.54) is 5.56 Å². The number of carbonyl (C=O) groups is 1. The van der Waals surface area contributed by atoms with Crippen LogP contribution in [-0.4, -0.2) is 42.8 Å². The van der Waals surface area contributed by atoms with E-state index in [1.807, 2.05) is 46.0 Å². The molecule has 1 aromatic carbocycles. The van der Waals surface area contributed by atoms with Gasteiger partial charge in [0.05, 0.1) is 6.04 Å². The SMILES string of the molecule is C=CCN(C(=O)OC(C)(C)C)C(CNC)Cc1ccccc1. The fraction of sp³-hybridized carbons (Fsp3) is 0.500. The molecule has 1 aromatic rings. The third-order valence-corrected chi connectivity index (χ3v) is 3.15. The van der Waals surface area contributed by atoms with Crippen LogP contribution in [0.25, 0.3) is 0 Å². The summed E-state index contributed by atoms with van der Waals surface area (Å²) >= 11 is 0. The summed E-state index contributed by atoms with van der Waals surface area (Å²) in [7, 11) is 1.89. The van der Waals surface area contributed by atoms with E-state index >= 15 is 0 Å². The monoisotopic (exact) mass is 304 g/mol. The lowest BCUT2D eigenvalue weighted by molar-refractivity contribution is 0.0189. The van der Waals surface area contributed by atoms with Crippen LogP contribution in [0.1, 0.15) is 26.3 Å². The number of likely N-dealkylation sites (N-methyl/N-ethyl adjacent to an activating group) is 1. The standard InChI is InChI=1S/C18H28N2O2/c1-6-12-20(17(21)22-18(2,3)4)16(14-19-5)13-15-10-8-7-9-11-15/h6-11,16,19H,1,12-14H2,2-5H3. The molecule has 0 heterocycles. The van der Waals surface area contributed by atoms with Crippen LogP contribution in [0.15, 0.2) is 43.0 Å². The second kappa shape index (κ2) is 8.59. The number of amides is 1. The Hall–Kier alpha value is -1.81. The lowest BCUT2D eigenvalue weighted by Crippen LogP contribution is -2.48. The maximum Gasteiger partial charge on any atom is 0.410 e. The Labute approximate surface area is 134 Å². The van der Waals surface area contributed by atoms with Crippen LogP contribution in [0, 0.1) is 0 Å². The van der Waals surface area contributed by atoms with E-state index in [0.29, 0.717) is 13.1 Å². The third kappa shape index (κ3) is 6.31. The van der Waals surface area contributed by atoms with Gasteiger partial charge in [-0.05, 0) is 39.8 Å². The van der Waals surface area contributed by atoms with Crippen LogP contribution < -0.4 is 5.32 Å². The molecule has 1 unspecified atom stereocenters. The third-order valence-electron chi connectivity index (χ3n) is 3.15. The highest BCUT2D eigenvalue weighted by Gasteiger charge is 2.27. The van der Waals surface area contributed by atoms with Crippen molar-refractivity contribution in [2.75, 3.05) is 20.1 Å². The summed E-state index contributed by atoms with van der Waals surface area (Å²) in [5, 5.41) is 3.16. The van der Waals surface area contributed by atoms with E-state index in [1.54, 1.807) is 11.0 Å². The lowest BCUT2D eigenvalue weighted by atomic mass is 10.0. The molecule has 1 N–H and O–H groups in total. The Morgan fingerprint density at radius 2 is 2.00 bits per heavy atom. The fourth-order valence-corrected chi connectivity index (χ4v) is 2.25. The highest BCUT2D eigenvalue weighted by atomic mass is 16.6. The van der Waals surface area contributed by atoms with Gasteiger partial charge in [0.25, 0.3) is 0 Å². The number of rotatable bonds is 7. The minimum absolute atomic E-state index is 0.0141. The molecule has 0 fully saturated rings. The van der Waals surface area contributed by atoms with Gasteiger partial charge in [-0.15, -0.1) is 6.58 Å². The van der Waals surface area contributed by atoms with Crippen LogP contribution >= 0.6 is 0 Å². The zero-order valence-corrected chi connectivity index (χ0v) is 14.1. The summed E-state index contributed by atoms with van der Waals surface area (Å²) in [4.78, 5) is 14.2. The van der Waals surface area contributed by atoms with Crippen LogP contribution in [0.4, 0.5) is 4.79 Å². The smallest absolute Gasteiger partial charge is 0.410 e. The predicted octanol–water partition coefficient (Wildman–Crippen LogP) is 3.24. The maximum absolute atomic E-state index is 12.5. The van der Waals surface area contributed by atoms with Gasteiger partial charge in [0.15, 0.2) is 0 Å². The van der Waals surface area contributed by atoms with Crippen molar-refractivity contribution >= 4 is 6.09 Å². The average Bonchev–Trinajstić information content (AvgIpc) is 2.43. The summed E-state index contributed by atoms with van der Waals surface area (Å²) < 4.78 is 5.53. The fourth-order valence-electron chi connectivity index (χ4n) is 2.25. The number of hydrogen-bond acceptors (Lipinski definition) is 3. The molecule has 0 aliphatic heterocycles. The van der Waals surface area contributed by atoms with Crippen LogP contribution in [0.2, 0.25) is 0 Å².